The second kappa shape index (κ2) is 9.10. The summed E-state index contributed by atoms with van der Waals surface area (Å²) in [6.45, 7) is -0.266. The van der Waals surface area contributed by atoms with Crippen LogP contribution in [0.3, 0.4) is 0 Å². The minimum absolute atomic E-state index is 0.0679. The second-order valence-corrected chi connectivity index (χ2v) is 24.8. The van der Waals surface area contributed by atoms with Gasteiger partial charge in [-0.2, -0.15) is 0 Å². The van der Waals surface area contributed by atoms with Gasteiger partial charge in [-0.25, -0.2) is 0 Å². The van der Waals surface area contributed by atoms with Crippen LogP contribution in [0, 0.1) is 183 Å². The molecule has 0 radical (unpaired) electrons. The number of aliphatic hydroxyl groups excluding tert-OH is 1. The van der Waals surface area contributed by atoms with Gasteiger partial charge in [0.1, 0.15) is 6.61 Å². The van der Waals surface area contributed by atoms with Crippen LogP contribution in [0.4, 0.5) is 0 Å². The maximum Gasteiger partial charge on any atom is 0.158 e. The van der Waals surface area contributed by atoms with Gasteiger partial charge in [-0.1, -0.05) is 30.3 Å². The Bertz CT molecular complexity index is 1840. The van der Waals surface area contributed by atoms with E-state index in [2.05, 4.69) is 30.3 Å². The summed E-state index contributed by atoms with van der Waals surface area (Å²) in [5.41, 5.74) is 1.63. The predicted molar refractivity (Wildman–Crippen MR) is 200 cm³/mol. The number of rotatable bonds is 7. The summed E-state index contributed by atoms with van der Waals surface area (Å²) in [6, 6.07) is 12.0. The van der Waals surface area contributed by atoms with Crippen LogP contribution in [0.2, 0.25) is 0 Å². The van der Waals surface area contributed by atoms with Gasteiger partial charge in [0.15, 0.2) is 5.78 Å². The van der Waals surface area contributed by atoms with Crippen molar-refractivity contribution < 1.29 is 9.90 Å². The average Bonchev–Trinajstić information content (AvgIpc) is 4.01. The van der Waals surface area contributed by atoms with E-state index < -0.39 is 0 Å². The smallest absolute Gasteiger partial charge is 0.158 e. The second-order valence-electron chi connectivity index (χ2n) is 24.8. The van der Waals surface area contributed by atoms with E-state index in [9.17, 15) is 9.90 Å². The summed E-state index contributed by atoms with van der Waals surface area (Å²) in [5.74, 6) is 35.3. The fourth-order valence-corrected chi connectivity index (χ4v) is 26.9. The fraction of sp³-hybridized carbons (Fsp3) is 0.863. The zero-order valence-corrected chi connectivity index (χ0v) is 31.7. The molecule has 0 saturated heterocycles. The van der Waals surface area contributed by atoms with Crippen molar-refractivity contribution in [1.29, 1.82) is 0 Å². The van der Waals surface area contributed by atoms with Gasteiger partial charge in [-0.15, -0.1) is 0 Å². The molecule has 16 aliphatic rings. The first-order valence-electron chi connectivity index (χ1n) is 24.4. The molecule has 0 heterocycles. The maximum absolute atomic E-state index is 12.6. The largest absolute Gasteiger partial charge is 0.389 e. The van der Waals surface area contributed by atoms with Gasteiger partial charge < -0.3 is 5.11 Å². The van der Waals surface area contributed by atoms with Crippen LogP contribution in [-0.4, -0.2) is 17.5 Å². The number of hydrogen-bond acceptors (Lipinski definition) is 2. The third-order valence-electron chi connectivity index (χ3n) is 25.4. The molecule has 16 aliphatic carbocycles. The molecule has 0 amide bonds. The molecule has 2 nitrogen and oxygen atoms in total. The molecule has 1 N–H and O–H groups in total. The molecule has 0 spiro atoms. The zero-order valence-electron chi connectivity index (χ0n) is 31.7. The van der Waals surface area contributed by atoms with Gasteiger partial charge in [0.2, 0.25) is 0 Å². The lowest BCUT2D eigenvalue weighted by Gasteiger charge is -2.62. The molecule has 32 unspecified atom stereocenters. The van der Waals surface area contributed by atoms with Crippen LogP contribution in [0.5, 0.6) is 0 Å². The highest BCUT2D eigenvalue weighted by molar-refractivity contribution is 5.79. The Kier molecular flexibility index (Phi) is 5.00. The van der Waals surface area contributed by atoms with E-state index >= 15 is 0 Å². The summed E-state index contributed by atoms with van der Waals surface area (Å²) in [4.78, 5) is 12.6. The van der Waals surface area contributed by atoms with Crippen molar-refractivity contribution in [2.75, 3.05) is 6.61 Å². The highest BCUT2D eigenvalue weighted by Crippen LogP contribution is 2.92. The standard InChI is InChI=1S/C51H62O2/c52-17-26(53)7-4-8-27(18-5-2-1-3-6-18)37-28-16-25-14-23-11-20-9-19-10-22-12-21-13-24-15-29(37)39-44-33(24)32(21)42-35(22)40-30(19)31(20)41-36(23)43-34(25)38(28)45(39)51-49(43)47(41)46(40)48(42)50(44)51/h1-3,5-6,19-25,27-52H,4,7-17H2. The molecule has 2 heteroatoms. The summed E-state index contributed by atoms with van der Waals surface area (Å²) >= 11 is 0. The first-order valence-corrected chi connectivity index (χ1v) is 24.4. The van der Waals surface area contributed by atoms with Gasteiger partial charge in [-0.3, -0.25) is 4.79 Å². The number of aliphatic hydroxyl groups is 1. The summed E-state index contributed by atoms with van der Waals surface area (Å²) < 4.78 is 0. The Morgan fingerprint density at radius 1 is 0.472 bits per heavy atom. The number of carbonyl (C=O) groups is 1. The molecule has 1 aromatic carbocycles. The molecule has 1 aromatic rings. The summed E-state index contributed by atoms with van der Waals surface area (Å²) in [6.07, 6.45) is 16.0. The highest BCUT2D eigenvalue weighted by Gasteiger charge is 2.88. The number of hydrogen-bond donors (Lipinski definition) is 1. The maximum atomic E-state index is 12.6. The average molecular weight is 707 g/mol. The van der Waals surface area contributed by atoms with Crippen LogP contribution < -0.4 is 0 Å². The van der Waals surface area contributed by atoms with Gasteiger partial charge in [-0.05, 0) is 259 Å². The monoisotopic (exact) mass is 706 g/mol. The molecule has 16 fully saturated rings. The molecule has 278 valence electrons. The minimum Gasteiger partial charge on any atom is -0.389 e. The lowest BCUT2D eigenvalue weighted by molar-refractivity contribution is -0.154. The van der Waals surface area contributed by atoms with Crippen molar-refractivity contribution in [3.63, 3.8) is 0 Å². The molecular formula is C51H62O2. The van der Waals surface area contributed by atoms with Crippen LogP contribution in [0.1, 0.15) is 82.1 Å². The fourth-order valence-electron chi connectivity index (χ4n) is 26.9. The Balaban J connectivity index is 0.918. The summed E-state index contributed by atoms with van der Waals surface area (Å²) in [5, 5.41) is 9.74. The van der Waals surface area contributed by atoms with E-state index in [1.807, 2.05) is 0 Å². The lowest BCUT2D eigenvalue weighted by atomic mass is 9.42. The first kappa shape index (κ1) is 29.1. The number of benzene rings is 1. The predicted octanol–water partition coefficient (Wildman–Crippen LogP) is 8.94. The molecular weight excluding hydrogens is 645 g/mol. The van der Waals surface area contributed by atoms with Crippen molar-refractivity contribution >= 4 is 5.78 Å². The van der Waals surface area contributed by atoms with E-state index in [4.69, 9.17) is 0 Å². The Labute approximate surface area is 317 Å². The van der Waals surface area contributed by atoms with Gasteiger partial charge in [0.25, 0.3) is 0 Å². The van der Waals surface area contributed by atoms with Crippen molar-refractivity contribution in [2.45, 2.75) is 76.5 Å². The van der Waals surface area contributed by atoms with E-state index in [-0.39, 0.29) is 12.4 Å². The van der Waals surface area contributed by atoms with Gasteiger partial charge >= 0.3 is 0 Å². The van der Waals surface area contributed by atoms with Crippen molar-refractivity contribution in [3.05, 3.63) is 35.9 Å². The Morgan fingerprint density at radius 2 is 0.811 bits per heavy atom. The van der Waals surface area contributed by atoms with Crippen LogP contribution >= 0.6 is 0 Å². The number of carbonyl (C=O) groups excluding carboxylic acids is 1. The van der Waals surface area contributed by atoms with E-state index in [1.54, 1.807) is 56.9 Å². The zero-order chi connectivity index (χ0) is 33.7. The number of ketones is 1. The van der Waals surface area contributed by atoms with Crippen LogP contribution in [-0.2, 0) is 4.79 Å². The molecule has 17 rings (SSSR count). The Hall–Kier alpha value is -1.15. The van der Waals surface area contributed by atoms with Crippen LogP contribution in [0.25, 0.3) is 0 Å². The molecule has 16 saturated carbocycles. The summed E-state index contributed by atoms with van der Waals surface area (Å²) in [7, 11) is 0. The Morgan fingerprint density at radius 3 is 1.26 bits per heavy atom. The van der Waals surface area contributed by atoms with Crippen molar-refractivity contribution in [2.24, 2.45) is 183 Å². The normalized spacial score (nSPS) is 70.2. The molecule has 0 aliphatic heterocycles. The third kappa shape index (κ3) is 2.84. The number of Topliss-reactive ketones (excluding diaryl/α,β-unsaturated/α-hetero) is 1. The van der Waals surface area contributed by atoms with Crippen LogP contribution in [0.15, 0.2) is 30.3 Å². The first-order chi connectivity index (χ1) is 26.2. The van der Waals surface area contributed by atoms with E-state index in [0.29, 0.717) is 12.3 Å². The molecule has 0 bridgehead atoms. The molecule has 32 atom stereocenters. The third-order valence-corrected chi connectivity index (χ3v) is 25.4. The van der Waals surface area contributed by atoms with Gasteiger partial charge in [0.05, 0.1) is 0 Å². The molecule has 53 heavy (non-hydrogen) atoms. The van der Waals surface area contributed by atoms with E-state index in [1.165, 1.54) is 65.6 Å². The SMILES string of the molecule is O=C(CO)CCCC(c1ccccc1)C1C2CC3CC4CC5CC6CC7CC8CC9CC1C1C%10C9C8C8C7C7C6C5C5C4C4C3C2C1C1C4C5C7C8C%101. The molecule has 0 aromatic heterocycles. The lowest BCUT2D eigenvalue weighted by Crippen LogP contribution is -2.59. The van der Waals surface area contributed by atoms with Gasteiger partial charge in [0, 0.05) is 6.42 Å². The quantitative estimate of drug-likeness (QED) is 0.308. The van der Waals surface area contributed by atoms with Crippen molar-refractivity contribution in [1.82, 2.24) is 0 Å². The highest BCUT2D eigenvalue weighted by atomic mass is 16.3. The minimum atomic E-state index is -0.266. The van der Waals surface area contributed by atoms with E-state index in [0.717, 1.165) is 131 Å². The topological polar surface area (TPSA) is 37.3 Å². The van der Waals surface area contributed by atoms with Crippen molar-refractivity contribution in [3.8, 4) is 0 Å².